The molecular formula is C13H15FN2O. The number of ether oxygens (including phenoxy) is 1. The molecule has 17 heavy (non-hydrogen) atoms. The number of anilines is 1. The molecule has 0 bridgehead atoms. The lowest BCUT2D eigenvalue weighted by atomic mass is 10.1. The first kappa shape index (κ1) is 11.6. The van der Waals surface area contributed by atoms with Crippen molar-refractivity contribution in [3.8, 4) is 5.75 Å². The molecule has 2 rings (SSSR count). The Labute approximate surface area is 99.6 Å². The van der Waals surface area contributed by atoms with Crippen molar-refractivity contribution in [1.82, 2.24) is 4.98 Å². The van der Waals surface area contributed by atoms with Gasteiger partial charge in [0.2, 0.25) is 0 Å². The molecule has 1 aromatic heterocycles. The number of nitrogens with zero attached hydrogens (tertiary/aromatic N) is 1. The monoisotopic (exact) mass is 234 g/mol. The quantitative estimate of drug-likeness (QED) is 0.886. The van der Waals surface area contributed by atoms with Crippen LogP contribution < -0.4 is 10.1 Å². The second-order valence-corrected chi connectivity index (χ2v) is 3.79. The summed E-state index contributed by atoms with van der Waals surface area (Å²) in [7, 11) is 1.83. The summed E-state index contributed by atoms with van der Waals surface area (Å²) in [5.74, 6) is -0.110. The highest BCUT2D eigenvalue weighted by Crippen LogP contribution is 2.29. The lowest BCUT2D eigenvalue weighted by Crippen LogP contribution is -1.98. The van der Waals surface area contributed by atoms with E-state index in [0.29, 0.717) is 12.1 Å². The first-order chi connectivity index (χ1) is 8.15. The third-order valence-corrected chi connectivity index (χ3v) is 2.56. The highest BCUT2D eigenvalue weighted by atomic mass is 19.1. The molecule has 0 saturated carbocycles. The lowest BCUT2D eigenvalue weighted by Gasteiger charge is -2.10. The molecule has 0 radical (unpaired) electrons. The van der Waals surface area contributed by atoms with Crippen molar-refractivity contribution < 1.29 is 9.13 Å². The number of rotatable bonds is 3. The van der Waals surface area contributed by atoms with Gasteiger partial charge in [-0.1, -0.05) is 0 Å². The van der Waals surface area contributed by atoms with Gasteiger partial charge in [-0.15, -0.1) is 0 Å². The topological polar surface area (TPSA) is 34.1 Å². The van der Waals surface area contributed by atoms with Crippen LogP contribution in [0.1, 0.15) is 12.6 Å². The van der Waals surface area contributed by atoms with E-state index in [1.165, 1.54) is 6.07 Å². The number of hydrogen-bond acceptors (Lipinski definition) is 3. The molecule has 1 N–H and O–H groups in total. The van der Waals surface area contributed by atoms with Crippen LogP contribution in [0, 0.1) is 12.7 Å². The molecule has 0 atom stereocenters. The molecule has 0 amide bonds. The molecule has 0 unspecified atom stereocenters. The van der Waals surface area contributed by atoms with Gasteiger partial charge in [0, 0.05) is 29.9 Å². The SMILES string of the molecule is CCOc1cc2c(NC)cc(C)nc2cc1F. The summed E-state index contributed by atoms with van der Waals surface area (Å²) in [6.07, 6.45) is 0. The molecular weight excluding hydrogens is 219 g/mol. The molecule has 0 aliphatic rings. The Kier molecular flexibility index (Phi) is 3.13. The standard InChI is InChI=1S/C13H15FN2O/c1-4-17-13-6-9-11(15-3)5-8(2)16-12(9)7-10(13)14/h5-7H,4H2,1-3H3,(H,15,16). The molecule has 2 aromatic rings. The summed E-state index contributed by atoms with van der Waals surface area (Å²) >= 11 is 0. The van der Waals surface area contributed by atoms with Gasteiger partial charge in [0.25, 0.3) is 0 Å². The van der Waals surface area contributed by atoms with Gasteiger partial charge in [-0.25, -0.2) is 4.39 Å². The van der Waals surface area contributed by atoms with Crippen LogP contribution in [0.3, 0.4) is 0 Å². The largest absolute Gasteiger partial charge is 0.491 e. The van der Waals surface area contributed by atoms with Crippen LogP contribution in [0.25, 0.3) is 10.9 Å². The highest BCUT2D eigenvalue weighted by molar-refractivity contribution is 5.92. The summed E-state index contributed by atoms with van der Waals surface area (Å²) in [6, 6.07) is 5.02. The number of halogens is 1. The Balaban J connectivity index is 2.69. The molecule has 4 heteroatoms. The summed E-state index contributed by atoms with van der Waals surface area (Å²) < 4.78 is 18.9. The van der Waals surface area contributed by atoms with E-state index in [4.69, 9.17) is 4.74 Å². The maximum Gasteiger partial charge on any atom is 0.167 e. The van der Waals surface area contributed by atoms with Crippen LogP contribution in [0.2, 0.25) is 0 Å². The maximum absolute atomic E-state index is 13.7. The summed E-state index contributed by atoms with van der Waals surface area (Å²) in [6.45, 7) is 4.15. The maximum atomic E-state index is 13.7. The van der Waals surface area contributed by atoms with E-state index in [1.807, 2.05) is 27.0 Å². The van der Waals surface area contributed by atoms with Crippen molar-refractivity contribution in [2.75, 3.05) is 19.0 Å². The molecule has 1 heterocycles. The second kappa shape index (κ2) is 4.57. The van der Waals surface area contributed by atoms with Gasteiger partial charge in [0.05, 0.1) is 12.1 Å². The van der Waals surface area contributed by atoms with Gasteiger partial charge < -0.3 is 10.1 Å². The molecule has 0 aliphatic carbocycles. The predicted molar refractivity (Wildman–Crippen MR) is 67.2 cm³/mol. The fourth-order valence-electron chi connectivity index (χ4n) is 1.83. The van der Waals surface area contributed by atoms with Crippen LogP contribution in [-0.4, -0.2) is 18.6 Å². The Hall–Kier alpha value is -1.84. The number of pyridine rings is 1. The number of fused-ring (bicyclic) bond motifs is 1. The van der Waals surface area contributed by atoms with Gasteiger partial charge in [-0.2, -0.15) is 0 Å². The smallest absolute Gasteiger partial charge is 0.167 e. The number of aromatic nitrogens is 1. The molecule has 0 aliphatic heterocycles. The van der Waals surface area contributed by atoms with E-state index >= 15 is 0 Å². The predicted octanol–water partition coefficient (Wildman–Crippen LogP) is 3.12. The van der Waals surface area contributed by atoms with E-state index < -0.39 is 0 Å². The fraction of sp³-hybridized carbons (Fsp3) is 0.308. The summed E-state index contributed by atoms with van der Waals surface area (Å²) in [5.41, 5.74) is 2.41. The first-order valence-corrected chi connectivity index (χ1v) is 5.57. The number of benzene rings is 1. The zero-order valence-corrected chi connectivity index (χ0v) is 10.2. The van der Waals surface area contributed by atoms with Gasteiger partial charge in [-0.3, -0.25) is 4.98 Å². The van der Waals surface area contributed by atoms with Crippen LogP contribution in [0.5, 0.6) is 5.75 Å². The summed E-state index contributed by atoms with van der Waals surface area (Å²) in [5, 5.41) is 3.95. The molecule has 1 aromatic carbocycles. The minimum Gasteiger partial charge on any atom is -0.491 e. The number of hydrogen-bond donors (Lipinski definition) is 1. The molecule has 90 valence electrons. The third-order valence-electron chi connectivity index (χ3n) is 2.56. The van der Waals surface area contributed by atoms with Crippen LogP contribution >= 0.6 is 0 Å². The lowest BCUT2D eigenvalue weighted by molar-refractivity contribution is 0.322. The minimum atomic E-state index is -0.375. The third kappa shape index (κ3) is 2.16. The summed E-state index contributed by atoms with van der Waals surface area (Å²) in [4.78, 5) is 4.31. The molecule has 0 spiro atoms. The van der Waals surface area contributed by atoms with Crippen LogP contribution in [0.4, 0.5) is 10.1 Å². The van der Waals surface area contributed by atoms with Crippen molar-refractivity contribution in [3.05, 3.63) is 29.7 Å². The van der Waals surface area contributed by atoms with Crippen molar-refractivity contribution in [1.29, 1.82) is 0 Å². The molecule has 3 nitrogen and oxygen atoms in total. The van der Waals surface area contributed by atoms with Gasteiger partial charge in [0.1, 0.15) is 0 Å². The van der Waals surface area contributed by atoms with E-state index in [-0.39, 0.29) is 11.6 Å². The van der Waals surface area contributed by atoms with Gasteiger partial charge >= 0.3 is 0 Å². The van der Waals surface area contributed by atoms with Crippen molar-refractivity contribution in [3.63, 3.8) is 0 Å². The Morgan fingerprint density at radius 2 is 2.12 bits per heavy atom. The zero-order valence-electron chi connectivity index (χ0n) is 10.2. The average Bonchev–Trinajstić information content (AvgIpc) is 2.29. The van der Waals surface area contributed by atoms with E-state index in [0.717, 1.165) is 16.8 Å². The van der Waals surface area contributed by atoms with E-state index in [2.05, 4.69) is 10.3 Å². The Morgan fingerprint density at radius 1 is 1.35 bits per heavy atom. The van der Waals surface area contributed by atoms with Crippen LogP contribution in [-0.2, 0) is 0 Å². The Bertz CT molecular complexity index is 555. The second-order valence-electron chi connectivity index (χ2n) is 3.79. The normalized spacial score (nSPS) is 10.6. The average molecular weight is 234 g/mol. The van der Waals surface area contributed by atoms with Crippen molar-refractivity contribution in [2.24, 2.45) is 0 Å². The van der Waals surface area contributed by atoms with E-state index in [1.54, 1.807) is 6.07 Å². The Morgan fingerprint density at radius 3 is 2.76 bits per heavy atom. The highest BCUT2D eigenvalue weighted by Gasteiger charge is 2.09. The van der Waals surface area contributed by atoms with Gasteiger partial charge in [-0.05, 0) is 26.0 Å². The molecule has 0 saturated heterocycles. The number of aryl methyl sites for hydroxylation is 1. The fourth-order valence-corrected chi connectivity index (χ4v) is 1.83. The van der Waals surface area contributed by atoms with Crippen molar-refractivity contribution >= 4 is 16.6 Å². The van der Waals surface area contributed by atoms with Gasteiger partial charge in [0.15, 0.2) is 11.6 Å². The van der Waals surface area contributed by atoms with Crippen molar-refractivity contribution in [2.45, 2.75) is 13.8 Å². The minimum absolute atomic E-state index is 0.266. The van der Waals surface area contributed by atoms with Crippen LogP contribution in [0.15, 0.2) is 18.2 Å². The zero-order chi connectivity index (χ0) is 12.4. The first-order valence-electron chi connectivity index (χ1n) is 5.57. The number of nitrogens with one attached hydrogen (secondary N) is 1. The van der Waals surface area contributed by atoms with E-state index in [9.17, 15) is 4.39 Å². The molecule has 0 fully saturated rings.